The van der Waals surface area contributed by atoms with Crippen molar-refractivity contribution >= 4 is 18.3 Å². The molecule has 2 atom stereocenters. The monoisotopic (exact) mass is 289 g/mol. The number of amides is 1. The van der Waals surface area contributed by atoms with Gasteiger partial charge in [-0.05, 0) is 30.7 Å². The molecule has 0 bridgehead atoms. The van der Waals surface area contributed by atoms with Crippen LogP contribution in [-0.2, 0) is 4.79 Å². The number of hydrogen-bond donors (Lipinski definition) is 2. The van der Waals surface area contributed by atoms with Gasteiger partial charge in [-0.25, -0.2) is 0 Å². The van der Waals surface area contributed by atoms with Crippen molar-refractivity contribution < 1.29 is 4.79 Å². The molecule has 19 heavy (non-hydrogen) atoms. The van der Waals surface area contributed by atoms with Crippen LogP contribution >= 0.6 is 12.4 Å². The molecular weight excluding hydrogens is 262 g/mol. The lowest BCUT2D eigenvalue weighted by atomic mass is 9.87. The van der Waals surface area contributed by atoms with Crippen LogP contribution in [-0.4, -0.2) is 49.6 Å². The molecule has 2 unspecified atom stereocenters. The minimum absolute atomic E-state index is 0. The fraction of sp³-hybridized carbons (Fsp3) is 0.929. The first-order valence-corrected chi connectivity index (χ1v) is 7.23. The molecule has 1 amide bonds. The van der Waals surface area contributed by atoms with Gasteiger partial charge in [0.25, 0.3) is 0 Å². The molecule has 0 spiro atoms. The van der Waals surface area contributed by atoms with E-state index in [1.807, 2.05) is 0 Å². The van der Waals surface area contributed by atoms with Gasteiger partial charge in [0.2, 0.25) is 5.91 Å². The average molecular weight is 290 g/mol. The molecule has 0 radical (unpaired) electrons. The zero-order valence-corrected chi connectivity index (χ0v) is 13.2. The highest BCUT2D eigenvalue weighted by molar-refractivity contribution is 5.85. The second-order valence-corrected chi connectivity index (χ2v) is 6.64. The summed E-state index contributed by atoms with van der Waals surface area (Å²) >= 11 is 0. The number of nitrogens with one attached hydrogen (secondary N) is 2. The van der Waals surface area contributed by atoms with Crippen LogP contribution in [0.3, 0.4) is 0 Å². The highest BCUT2D eigenvalue weighted by Crippen LogP contribution is 2.28. The van der Waals surface area contributed by atoms with E-state index in [-0.39, 0.29) is 24.4 Å². The van der Waals surface area contributed by atoms with E-state index in [1.54, 1.807) is 0 Å². The van der Waals surface area contributed by atoms with Crippen LogP contribution in [0.5, 0.6) is 0 Å². The minimum atomic E-state index is 0. The molecule has 2 N–H and O–H groups in total. The lowest BCUT2D eigenvalue weighted by Crippen LogP contribution is -2.57. The summed E-state index contributed by atoms with van der Waals surface area (Å²) in [5.74, 6) is 0.792. The van der Waals surface area contributed by atoms with Gasteiger partial charge in [0.05, 0.1) is 6.04 Å². The molecule has 0 aliphatic carbocycles. The molecular formula is C14H28ClN3O. The van der Waals surface area contributed by atoms with E-state index in [0.717, 1.165) is 39.1 Å². The van der Waals surface area contributed by atoms with Crippen LogP contribution in [0.2, 0.25) is 0 Å². The molecule has 2 saturated heterocycles. The van der Waals surface area contributed by atoms with Crippen LogP contribution in [0.15, 0.2) is 0 Å². The molecule has 0 saturated carbocycles. The predicted molar refractivity (Wildman–Crippen MR) is 80.7 cm³/mol. The van der Waals surface area contributed by atoms with E-state index in [2.05, 4.69) is 36.3 Å². The third-order valence-corrected chi connectivity index (χ3v) is 4.18. The summed E-state index contributed by atoms with van der Waals surface area (Å²) < 4.78 is 0. The van der Waals surface area contributed by atoms with Crippen molar-refractivity contribution in [2.24, 2.45) is 11.3 Å². The lowest BCUT2D eigenvalue weighted by molar-refractivity contribution is -0.130. The predicted octanol–water partition coefficient (Wildman–Crippen LogP) is 1.25. The van der Waals surface area contributed by atoms with E-state index in [9.17, 15) is 4.79 Å². The summed E-state index contributed by atoms with van der Waals surface area (Å²) in [6, 6.07) is 0.0798. The van der Waals surface area contributed by atoms with Gasteiger partial charge in [0, 0.05) is 26.2 Å². The van der Waals surface area contributed by atoms with Gasteiger partial charge >= 0.3 is 0 Å². The molecule has 4 nitrogen and oxygen atoms in total. The first-order chi connectivity index (χ1) is 8.50. The van der Waals surface area contributed by atoms with E-state index < -0.39 is 0 Å². The maximum absolute atomic E-state index is 12.0. The third kappa shape index (κ3) is 4.33. The van der Waals surface area contributed by atoms with Crippen LogP contribution in [0.1, 0.15) is 33.6 Å². The highest BCUT2D eigenvalue weighted by atomic mass is 35.5. The summed E-state index contributed by atoms with van der Waals surface area (Å²) in [4.78, 5) is 14.5. The zero-order chi connectivity index (χ0) is 13.2. The van der Waals surface area contributed by atoms with Crippen molar-refractivity contribution in [3.63, 3.8) is 0 Å². The van der Waals surface area contributed by atoms with E-state index in [1.165, 1.54) is 6.42 Å². The standard InChI is InChI=1S/C14H27N3O.ClH/c1-11(2)8-12-13(18)16-6-7-17(12)10-14(3)4-5-15-9-14;/h11-12,15H,4-10H2,1-3H3,(H,16,18);1H. The van der Waals surface area contributed by atoms with E-state index in [4.69, 9.17) is 0 Å². The maximum Gasteiger partial charge on any atom is 0.237 e. The summed E-state index contributed by atoms with van der Waals surface area (Å²) in [5, 5.41) is 6.45. The Morgan fingerprint density at radius 1 is 1.42 bits per heavy atom. The Balaban J connectivity index is 0.00000180. The van der Waals surface area contributed by atoms with Gasteiger partial charge in [0.1, 0.15) is 0 Å². The van der Waals surface area contributed by atoms with Gasteiger partial charge in [-0.15, -0.1) is 12.4 Å². The molecule has 112 valence electrons. The van der Waals surface area contributed by atoms with Gasteiger partial charge in [-0.3, -0.25) is 9.69 Å². The molecule has 2 fully saturated rings. The Hall–Kier alpha value is -0.320. The van der Waals surface area contributed by atoms with Crippen LogP contribution in [0.25, 0.3) is 0 Å². The smallest absolute Gasteiger partial charge is 0.237 e. The number of hydrogen-bond acceptors (Lipinski definition) is 3. The largest absolute Gasteiger partial charge is 0.353 e. The van der Waals surface area contributed by atoms with Gasteiger partial charge in [-0.1, -0.05) is 20.8 Å². The summed E-state index contributed by atoms with van der Waals surface area (Å²) in [6.07, 6.45) is 2.19. The number of carbonyl (C=O) groups is 1. The van der Waals surface area contributed by atoms with Crippen molar-refractivity contribution in [2.75, 3.05) is 32.7 Å². The molecule has 2 heterocycles. The van der Waals surface area contributed by atoms with Gasteiger partial charge < -0.3 is 10.6 Å². The van der Waals surface area contributed by atoms with Gasteiger partial charge in [-0.2, -0.15) is 0 Å². The van der Waals surface area contributed by atoms with E-state index in [0.29, 0.717) is 11.3 Å². The lowest BCUT2D eigenvalue weighted by Gasteiger charge is -2.40. The number of nitrogens with zero attached hydrogens (tertiary/aromatic N) is 1. The minimum Gasteiger partial charge on any atom is -0.353 e. The number of piperazine rings is 1. The first kappa shape index (κ1) is 16.7. The number of halogens is 1. The van der Waals surface area contributed by atoms with Gasteiger partial charge in [0.15, 0.2) is 0 Å². The SMILES string of the molecule is CC(C)CC1C(=O)NCCN1CC1(C)CCNC1.Cl. The van der Waals surface area contributed by atoms with Crippen molar-refractivity contribution in [1.29, 1.82) is 0 Å². The normalized spacial score (nSPS) is 32.2. The molecule has 0 aromatic heterocycles. The summed E-state index contributed by atoms with van der Waals surface area (Å²) in [7, 11) is 0. The second-order valence-electron chi connectivity index (χ2n) is 6.64. The average Bonchev–Trinajstić information content (AvgIpc) is 2.70. The third-order valence-electron chi connectivity index (χ3n) is 4.18. The molecule has 2 rings (SSSR count). The Kier molecular flexibility index (Phi) is 6.09. The molecule has 0 aromatic carbocycles. The fourth-order valence-electron chi connectivity index (χ4n) is 3.15. The Morgan fingerprint density at radius 3 is 2.74 bits per heavy atom. The quantitative estimate of drug-likeness (QED) is 0.819. The molecule has 2 aliphatic rings. The zero-order valence-electron chi connectivity index (χ0n) is 12.4. The fourth-order valence-corrected chi connectivity index (χ4v) is 3.15. The van der Waals surface area contributed by atoms with Crippen LogP contribution in [0, 0.1) is 11.3 Å². The number of carbonyl (C=O) groups excluding carboxylic acids is 1. The highest BCUT2D eigenvalue weighted by Gasteiger charge is 2.36. The van der Waals surface area contributed by atoms with Crippen LogP contribution in [0.4, 0.5) is 0 Å². The topological polar surface area (TPSA) is 44.4 Å². The summed E-state index contributed by atoms with van der Waals surface area (Å²) in [6.45, 7) is 11.8. The second kappa shape index (κ2) is 6.91. The Bertz CT molecular complexity index is 303. The molecule has 0 aromatic rings. The first-order valence-electron chi connectivity index (χ1n) is 7.23. The number of rotatable bonds is 4. The Labute approximate surface area is 123 Å². The van der Waals surface area contributed by atoms with Crippen molar-refractivity contribution in [1.82, 2.24) is 15.5 Å². The van der Waals surface area contributed by atoms with Crippen LogP contribution < -0.4 is 10.6 Å². The summed E-state index contributed by atoms with van der Waals surface area (Å²) in [5.41, 5.74) is 0.340. The van der Waals surface area contributed by atoms with Crippen molar-refractivity contribution in [3.8, 4) is 0 Å². The Morgan fingerprint density at radius 2 is 2.16 bits per heavy atom. The van der Waals surface area contributed by atoms with E-state index >= 15 is 0 Å². The maximum atomic E-state index is 12.0. The molecule has 2 aliphatic heterocycles. The molecule has 5 heteroatoms. The van der Waals surface area contributed by atoms with Crippen molar-refractivity contribution in [2.45, 2.75) is 39.7 Å². The van der Waals surface area contributed by atoms with Crippen molar-refractivity contribution in [3.05, 3.63) is 0 Å².